The van der Waals surface area contributed by atoms with E-state index in [1.54, 1.807) is 24.8 Å². The van der Waals surface area contributed by atoms with Crippen LogP contribution in [0.25, 0.3) is 11.1 Å². The third kappa shape index (κ3) is 4.57. The molecule has 0 aliphatic carbocycles. The Balaban J connectivity index is 1.42. The minimum Gasteiger partial charge on any atom is -0.375 e. The molecule has 1 aliphatic rings. The summed E-state index contributed by atoms with van der Waals surface area (Å²) in [6.45, 7) is 0.734. The second-order valence-electron chi connectivity index (χ2n) is 7.08. The number of hydrogen-bond donors (Lipinski definition) is 1. The first-order valence-corrected chi connectivity index (χ1v) is 9.91. The van der Waals surface area contributed by atoms with Gasteiger partial charge in [0.2, 0.25) is 5.95 Å². The standard InChI is InChI=1S/C21H19F3N4OS/c22-18-6-20(24)19(23)4-14(18)11-29-12-16-5-17(30)10-28(16)21-26-8-15(9-27-21)13-2-1-3-25-7-13/h1-4,6-9,16-17,30H,5,10-12H2/t16-,17+/m0/s1. The van der Waals surface area contributed by atoms with Crippen molar-refractivity contribution in [2.24, 2.45) is 0 Å². The molecule has 1 aromatic carbocycles. The zero-order valence-electron chi connectivity index (χ0n) is 15.9. The minimum absolute atomic E-state index is 0.0297. The summed E-state index contributed by atoms with van der Waals surface area (Å²) in [4.78, 5) is 15.0. The Bertz CT molecular complexity index is 1010. The van der Waals surface area contributed by atoms with E-state index in [0.717, 1.165) is 23.6 Å². The molecule has 2 aromatic heterocycles. The van der Waals surface area contributed by atoms with Crippen molar-refractivity contribution in [3.63, 3.8) is 0 Å². The number of pyridine rings is 1. The molecule has 3 aromatic rings. The van der Waals surface area contributed by atoms with Crippen LogP contribution in [0.4, 0.5) is 19.1 Å². The summed E-state index contributed by atoms with van der Waals surface area (Å²) in [6, 6.07) is 5.05. The molecular formula is C21H19F3N4OS. The van der Waals surface area contributed by atoms with Crippen molar-refractivity contribution in [1.82, 2.24) is 15.0 Å². The van der Waals surface area contributed by atoms with Crippen LogP contribution >= 0.6 is 12.6 Å². The lowest BCUT2D eigenvalue weighted by molar-refractivity contribution is 0.106. The van der Waals surface area contributed by atoms with Gasteiger partial charge in [-0.05, 0) is 18.6 Å². The largest absolute Gasteiger partial charge is 0.375 e. The first kappa shape index (κ1) is 20.6. The summed E-state index contributed by atoms with van der Waals surface area (Å²) >= 11 is 4.56. The summed E-state index contributed by atoms with van der Waals surface area (Å²) in [5, 5.41) is 0.111. The van der Waals surface area contributed by atoms with E-state index in [1.807, 2.05) is 17.0 Å². The lowest BCUT2D eigenvalue weighted by atomic mass is 10.2. The van der Waals surface area contributed by atoms with E-state index >= 15 is 0 Å². The van der Waals surface area contributed by atoms with Gasteiger partial charge in [-0.2, -0.15) is 12.6 Å². The summed E-state index contributed by atoms with van der Waals surface area (Å²) in [5.41, 5.74) is 1.75. The van der Waals surface area contributed by atoms with E-state index in [0.29, 0.717) is 18.6 Å². The van der Waals surface area contributed by atoms with Gasteiger partial charge in [-0.3, -0.25) is 4.98 Å². The number of aromatic nitrogens is 3. The molecule has 2 atom stereocenters. The van der Waals surface area contributed by atoms with Crippen LogP contribution in [0.2, 0.25) is 0 Å². The highest BCUT2D eigenvalue weighted by atomic mass is 32.1. The van der Waals surface area contributed by atoms with Crippen molar-refractivity contribution < 1.29 is 17.9 Å². The van der Waals surface area contributed by atoms with Crippen molar-refractivity contribution in [2.75, 3.05) is 18.1 Å². The second-order valence-corrected chi connectivity index (χ2v) is 7.81. The quantitative estimate of drug-likeness (QED) is 0.471. The molecule has 0 bridgehead atoms. The molecule has 1 fully saturated rings. The van der Waals surface area contributed by atoms with E-state index in [2.05, 4.69) is 27.6 Å². The number of thiol groups is 1. The molecule has 0 spiro atoms. The molecule has 5 nitrogen and oxygen atoms in total. The van der Waals surface area contributed by atoms with Gasteiger partial charge in [0, 0.05) is 59.3 Å². The number of anilines is 1. The maximum Gasteiger partial charge on any atom is 0.225 e. The van der Waals surface area contributed by atoms with Gasteiger partial charge in [0.15, 0.2) is 11.6 Å². The SMILES string of the molecule is Fc1cc(F)c(COC[C@@H]2C[C@@H](S)CN2c2ncc(-c3cccnc3)cn2)cc1F. The van der Waals surface area contributed by atoms with Crippen LogP contribution < -0.4 is 4.90 Å². The number of nitrogens with zero attached hydrogens (tertiary/aromatic N) is 4. The molecule has 4 rings (SSSR count). The second kappa shape index (κ2) is 9.01. The van der Waals surface area contributed by atoms with Crippen molar-refractivity contribution in [1.29, 1.82) is 0 Å². The Morgan fingerprint density at radius 2 is 1.80 bits per heavy atom. The molecule has 1 aliphatic heterocycles. The van der Waals surface area contributed by atoms with E-state index in [4.69, 9.17) is 4.74 Å². The predicted octanol–water partition coefficient (Wildman–Crippen LogP) is 4.05. The van der Waals surface area contributed by atoms with Gasteiger partial charge >= 0.3 is 0 Å². The van der Waals surface area contributed by atoms with Crippen LogP contribution in [0.1, 0.15) is 12.0 Å². The minimum atomic E-state index is -1.22. The fourth-order valence-corrected chi connectivity index (χ4v) is 3.85. The summed E-state index contributed by atoms with van der Waals surface area (Å²) in [7, 11) is 0. The zero-order chi connectivity index (χ0) is 21.1. The predicted molar refractivity (Wildman–Crippen MR) is 110 cm³/mol. The van der Waals surface area contributed by atoms with Gasteiger partial charge in [0.25, 0.3) is 0 Å². The average Bonchev–Trinajstić information content (AvgIpc) is 3.13. The highest BCUT2D eigenvalue weighted by molar-refractivity contribution is 7.81. The Morgan fingerprint density at radius 1 is 1.03 bits per heavy atom. The average molecular weight is 432 g/mol. The maximum atomic E-state index is 13.8. The van der Waals surface area contributed by atoms with Crippen molar-refractivity contribution in [3.8, 4) is 11.1 Å². The fourth-order valence-electron chi connectivity index (χ4n) is 3.43. The zero-order valence-corrected chi connectivity index (χ0v) is 16.8. The first-order chi connectivity index (χ1) is 14.5. The normalized spacial score (nSPS) is 18.7. The van der Waals surface area contributed by atoms with Crippen molar-refractivity contribution >= 4 is 18.6 Å². The lowest BCUT2D eigenvalue weighted by Gasteiger charge is -2.24. The van der Waals surface area contributed by atoms with E-state index in [-0.39, 0.29) is 30.1 Å². The topological polar surface area (TPSA) is 51.1 Å². The van der Waals surface area contributed by atoms with Crippen LogP contribution in [-0.2, 0) is 11.3 Å². The van der Waals surface area contributed by atoms with Gasteiger partial charge in [0.05, 0.1) is 19.3 Å². The van der Waals surface area contributed by atoms with Crippen LogP contribution in [0.15, 0.2) is 49.1 Å². The van der Waals surface area contributed by atoms with Crippen molar-refractivity contribution in [3.05, 3.63) is 72.1 Å². The summed E-state index contributed by atoms with van der Waals surface area (Å²) in [5.74, 6) is -2.61. The van der Waals surface area contributed by atoms with E-state index in [9.17, 15) is 13.2 Å². The van der Waals surface area contributed by atoms with Gasteiger partial charge in [-0.25, -0.2) is 23.1 Å². The molecule has 30 heavy (non-hydrogen) atoms. The maximum absolute atomic E-state index is 13.8. The number of ether oxygens (including phenoxy) is 1. The molecule has 1 saturated heterocycles. The molecule has 0 unspecified atom stereocenters. The monoisotopic (exact) mass is 432 g/mol. The summed E-state index contributed by atoms with van der Waals surface area (Å²) in [6.07, 6.45) is 7.65. The van der Waals surface area contributed by atoms with Crippen LogP contribution in [-0.4, -0.2) is 39.4 Å². The Labute approximate surface area is 177 Å². The van der Waals surface area contributed by atoms with E-state index in [1.165, 1.54) is 0 Å². The van der Waals surface area contributed by atoms with Gasteiger partial charge in [-0.1, -0.05) is 6.07 Å². The number of halogens is 3. The molecule has 9 heteroatoms. The third-order valence-corrected chi connectivity index (χ3v) is 5.31. The highest BCUT2D eigenvalue weighted by Gasteiger charge is 2.32. The number of hydrogen-bond acceptors (Lipinski definition) is 6. The van der Waals surface area contributed by atoms with Crippen molar-refractivity contribution in [2.45, 2.75) is 24.3 Å². The van der Waals surface area contributed by atoms with Crippen LogP contribution in [0.3, 0.4) is 0 Å². The Morgan fingerprint density at radius 3 is 2.53 bits per heavy atom. The Hall–Kier alpha value is -2.65. The number of benzene rings is 1. The number of rotatable bonds is 6. The van der Waals surface area contributed by atoms with Gasteiger partial charge in [0.1, 0.15) is 5.82 Å². The summed E-state index contributed by atoms with van der Waals surface area (Å²) < 4.78 is 45.8. The lowest BCUT2D eigenvalue weighted by Crippen LogP contribution is -2.34. The van der Waals surface area contributed by atoms with Gasteiger partial charge < -0.3 is 9.64 Å². The smallest absolute Gasteiger partial charge is 0.225 e. The fraction of sp³-hybridized carbons (Fsp3) is 0.286. The van der Waals surface area contributed by atoms with E-state index < -0.39 is 17.5 Å². The molecule has 0 amide bonds. The third-order valence-electron chi connectivity index (χ3n) is 4.94. The van der Waals surface area contributed by atoms with Crippen LogP contribution in [0, 0.1) is 17.5 Å². The van der Waals surface area contributed by atoms with Gasteiger partial charge in [-0.15, -0.1) is 0 Å². The molecule has 0 radical (unpaired) electrons. The molecule has 3 heterocycles. The first-order valence-electron chi connectivity index (χ1n) is 9.39. The molecular weight excluding hydrogens is 413 g/mol. The highest BCUT2D eigenvalue weighted by Crippen LogP contribution is 2.27. The van der Waals surface area contributed by atoms with Crippen LogP contribution in [0.5, 0.6) is 0 Å². The Kier molecular flexibility index (Phi) is 6.19. The molecule has 156 valence electrons. The molecule has 0 N–H and O–H groups in total. The molecule has 0 saturated carbocycles.